The van der Waals surface area contributed by atoms with Crippen molar-refractivity contribution in [1.82, 2.24) is 15.6 Å². The second kappa shape index (κ2) is 12.4. The van der Waals surface area contributed by atoms with Gasteiger partial charge in [0.05, 0.1) is 10.7 Å². The molecule has 2 N–H and O–H groups in total. The van der Waals surface area contributed by atoms with Crippen molar-refractivity contribution in [2.24, 2.45) is 0 Å². The zero-order valence-electron chi connectivity index (χ0n) is 12.3. The van der Waals surface area contributed by atoms with E-state index in [-0.39, 0.29) is 30.7 Å². The van der Waals surface area contributed by atoms with E-state index < -0.39 is 0 Å². The maximum Gasteiger partial charge on any atom is 0.263 e. The lowest BCUT2D eigenvalue weighted by molar-refractivity contribution is 0.0957. The van der Waals surface area contributed by atoms with Gasteiger partial charge in [-0.2, -0.15) is 0 Å². The van der Waals surface area contributed by atoms with Gasteiger partial charge in [0.1, 0.15) is 4.88 Å². The van der Waals surface area contributed by atoms with Crippen LogP contribution in [0.15, 0.2) is 0 Å². The van der Waals surface area contributed by atoms with Crippen molar-refractivity contribution in [3.8, 4) is 0 Å². The number of aromatic nitrogens is 1. The van der Waals surface area contributed by atoms with E-state index in [1.165, 1.54) is 11.3 Å². The number of carbonyl (C=O) groups excluding carboxylic acids is 1. The van der Waals surface area contributed by atoms with Gasteiger partial charge in [0.25, 0.3) is 5.91 Å². The quantitative estimate of drug-likeness (QED) is 0.714. The normalized spacial score (nSPS) is 9.55. The first kappa shape index (κ1) is 21.9. The number of aryl methyl sites for hydroxylation is 2. The number of nitrogens with one attached hydrogen (secondary N) is 2. The molecule has 7 heteroatoms. The summed E-state index contributed by atoms with van der Waals surface area (Å²) in [7, 11) is 0. The summed E-state index contributed by atoms with van der Waals surface area (Å²) in [5.41, 5.74) is 0.850. The van der Waals surface area contributed by atoms with E-state index in [1.54, 1.807) is 0 Å². The van der Waals surface area contributed by atoms with Gasteiger partial charge in [-0.15, -0.1) is 36.2 Å². The molecule has 0 aliphatic heterocycles. The number of carbonyl (C=O) groups is 1. The van der Waals surface area contributed by atoms with Gasteiger partial charge in [-0.1, -0.05) is 13.8 Å². The largest absolute Gasteiger partial charge is 0.350 e. The van der Waals surface area contributed by atoms with Crippen LogP contribution in [-0.4, -0.2) is 30.5 Å². The summed E-state index contributed by atoms with van der Waals surface area (Å²) in [4.78, 5) is 17.1. The van der Waals surface area contributed by atoms with Crippen LogP contribution in [0.3, 0.4) is 0 Å². The Morgan fingerprint density at radius 3 is 2.45 bits per heavy atom. The third-order valence-corrected chi connectivity index (χ3v) is 3.74. The fourth-order valence-corrected chi connectivity index (χ4v) is 2.71. The Balaban J connectivity index is 0. The average molecular weight is 342 g/mol. The lowest BCUT2D eigenvalue weighted by atomic mass is 10.3. The molecule has 4 nitrogen and oxygen atoms in total. The first-order valence-electron chi connectivity index (χ1n) is 6.64. The smallest absolute Gasteiger partial charge is 0.263 e. The average Bonchev–Trinajstić information content (AvgIpc) is 2.70. The van der Waals surface area contributed by atoms with Crippen molar-refractivity contribution in [2.45, 2.75) is 40.0 Å². The van der Waals surface area contributed by atoms with Crippen LogP contribution in [0.2, 0.25) is 0 Å². The van der Waals surface area contributed by atoms with Crippen LogP contribution in [0.4, 0.5) is 0 Å². The van der Waals surface area contributed by atoms with Crippen molar-refractivity contribution in [1.29, 1.82) is 0 Å². The highest BCUT2D eigenvalue weighted by Crippen LogP contribution is 2.18. The number of nitrogens with zero attached hydrogens (tertiary/aromatic N) is 1. The predicted molar refractivity (Wildman–Crippen MR) is 90.8 cm³/mol. The Hall–Kier alpha value is -0.360. The van der Waals surface area contributed by atoms with Crippen molar-refractivity contribution in [2.75, 3.05) is 19.6 Å². The molecule has 1 amide bonds. The van der Waals surface area contributed by atoms with Gasteiger partial charge in [-0.3, -0.25) is 4.79 Å². The van der Waals surface area contributed by atoms with Crippen LogP contribution in [0.5, 0.6) is 0 Å². The zero-order valence-corrected chi connectivity index (χ0v) is 14.8. The van der Waals surface area contributed by atoms with E-state index >= 15 is 0 Å². The lowest BCUT2D eigenvalue weighted by Gasteiger charge is -2.04. The second-order valence-electron chi connectivity index (χ2n) is 4.28. The molecular formula is C13H25Cl2N3OS. The highest BCUT2D eigenvalue weighted by molar-refractivity contribution is 7.13. The first-order chi connectivity index (χ1) is 8.69. The fraction of sp³-hybridized carbons (Fsp3) is 0.692. The van der Waals surface area contributed by atoms with Gasteiger partial charge in [0.15, 0.2) is 0 Å². The molecule has 0 bridgehead atoms. The van der Waals surface area contributed by atoms with Crippen molar-refractivity contribution in [3.63, 3.8) is 0 Å². The van der Waals surface area contributed by atoms with Crippen molar-refractivity contribution in [3.05, 3.63) is 15.6 Å². The van der Waals surface area contributed by atoms with Crippen LogP contribution < -0.4 is 10.6 Å². The fourth-order valence-electron chi connectivity index (χ4n) is 1.63. The topological polar surface area (TPSA) is 54.0 Å². The molecule has 0 saturated carbocycles. The summed E-state index contributed by atoms with van der Waals surface area (Å²) in [5.74, 6) is 0.00523. The van der Waals surface area contributed by atoms with Crippen LogP contribution in [0.25, 0.3) is 0 Å². The predicted octanol–water partition coefficient (Wildman–Crippen LogP) is 2.98. The third-order valence-electron chi connectivity index (χ3n) is 2.53. The van der Waals surface area contributed by atoms with E-state index in [0.717, 1.165) is 47.9 Å². The summed E-state index contributed by atoms with van der Waals surface area (Å²) < 4.78 is 0. The zero-order chi connectivity index (χ0) is 13.4. The lowest BCUT2D eigenvalue weighted by Crippen LogP contribution is -2.32. The highest BCUT2D eigenvalue weighted by atomic mass is 35.5. The van der Waals surface area contributed by atoms with Gasteiger partial charge in [0, 0.05) is 13.1 Å². The molecule has 1 aromatic rings. The SMILES string of the molecule is CCCNCCNC(=O)c1sc(CCC)nc1C.Cl.Cl. The molecule has 1 rings (SSSR count). The van der Waals surface area contributed by atoms with Gasteiger partial charge in [-0.25, -0.2) is 4.98 Å². The van der Waals surface area contributed by atoms with E-state index in [2.05, 4.69) is 29.5 Å². The maximum atomic E-state index is 11.9. The molecule has 0 aliphatic carbocycles. The molecule has 0 fully saturated rings. The summed E-state index contributed by atoms with van der Waals surface area (Å²) in [6.45, 7) is 8.63. The van der Waals surface area contributed by atoms with E-state index in [9.17, 15) is 4.79 Å². The minimum atomic E-state index is 0. The molecule has 0 atom stereocenters. The van der Waals surface area contributed by atoms with Gasteiger partial charge in [-0.05, 0) is 32.7 Å². The van der Waals surface area contributed by atoms with E-state index in [1.807, 2.05) is 6.92 Å². The molecule has 118 valence electrons. The summed E-state index contributed by atoms with van der Waals surface area (Å²) in [5, 5.41) is 7.24. The molecule has 1 aromatic heterocycles. The van der Waals surface area contributed by atoms with Gasteiger partial charge < -0.3 is 10.6 Å². The molecule has 0 radical (unpaired) electrons. The number of hydrogen-bond donors (Lipinski definition) is 2. The third kappa shape index (κ3) is 7.43. The van der Waals surface area contributed by atoms with Crippen molar-refractivity contribution >= 4 is 42.1 Å². The number of amides is 1. The molecule has 0 aromatic carbocycles. The van der Waals surface area contributed by atoms with Crippen molar-refractivity contribution < 1.29 is 4.79 Å². The molecule has 0 unspecified atom stereocenters. The standard InChI is InChI=1S/C13H23N3OS.2ClH/c1-4-6-11-16-10(3)12(18-11)13(17)15-9-8-14-7-5-2;;/h14H,4-9H2,1-3H3,(H,15,17);2*1H. The minimum absolute atomic E-state index is 0. The summed E-state index contributed by atoms with van der Waals surface area (Å²) in [6, 6.07) is 0. The van der Waals surface area contributed by atoms with Crippen LogP contribution in [0.1, 0.15) is 47.1 Å². The number of halogens is 2. The summed E-state index contributed by atoms with van der Waals surface area (Å²) >= 11 is 1.52. The summed E-state index contributed by atoms with van der Waals surface area (Å²) in [6.07, 6.45) is 3.13. The molecule has 0 aliphatic rings. The molecule has 20 heavy (non-hydrogen) atoms. The molecule has 0 spiro atoms. The Bertz CT molecular complexity index is 386. The second-order valence-corrected chi connectivity index (χ2v) is 5.36. The number of thiazole rings is 1. The monoisotopic (exact) mass is 341 g/mol. The van der Waals surface area contributed by atoms with Crippen LogP contribution >= 0.6 is 36.2 Å². The first-order valence-corrected chi connectivity index (χ1v) is 7.45. The minimum Gasteiger partial charge on any atom is -0.350 e. The Morgan fingerprint density at radius 1 is 1.15 bits per heavy atom. The molecular weight excluding hydrogens is 317 g/mol. The maximum absolute atomic E-state index is 11.9. The van der Waals surface area contributed by atoms with Crippen LogP contribution in [0, 0.1) is 6.92 Å². The van der Waals surface area contributed by atoms with E-state index in [0.29, 0.717) is 6.54 Å². The van der Waals surface area contributed by atoms with E-state index in [4.69, 9.17) is 0 Å². The number of rotatable bonds is 8. The Kier molecular flexibility index (Phi) is 13.6. The van der Waals surface area contributed by atoms with Crippen LogP contribution in [-0.2, 0) is 6.42 Å². The Morgan fingerprint density at radius 2 is 1.85 bits per heavy atom. The number of hydrogen-bond acceptors (Lipinski definition) is 4. The van der Waals surface area contributed by atoms with Gasteiger partial charge >= 0.3 is 0 Å². The highest BCUT2D eigenvalue weighted by Gasteiger charge is 2.14. The van der Waals surface area contributed by atoms with Gasteiger partial charge in [0.2, 0.25) is 0 Å². The molecule has 1 heterocycles. The molecule has 0 saturated heterocycles. The Labute approximate surface area is 138 Å².